The van der Waals surface area contributed by atoms with Crippen LogP contribution < -0.4 is 5.73 Å². The molecule has 1 aromatic carbocycles. The lowest BCUT2D eigenvalue weighted by atomic mass is 10.1. The zero-order chi connectivity index (χ0) is 9.68. The lowest BCUT2D eigenvalue weighted by Crippen LogP contribution is -1.95. The van der Waals surface area contributed by atoms with Gasteiger partial charge >= 0.3 is 0 Å². The van der Waals surface area contributed by atoms with Crippen LogP contribution in [0.5, 0.6) is 5.75 Å². The molecule has 3 N–H and O–H groups in total. The highest BCUT2D eigenvalue weighted by Gasteiger charge is 1.94. The van der Waals surface area contributed by atoms with Crippen LogP contribution in [0, 0.1) is 6.92 Å². The summed E-state index contributed by atoms with van der Waals surface area (Å²) in [7, 11) is 0. The van der Waals surface area contributed by atoms with Crippen LogP contribution in [0.1, 0.15) is 17.5 Å². The molecule has 2 nitrogen and oxygen atoms in total. The molecule has 0 bridgehead atoms. The van der Waals surface area contributed by atoms with Gasteiger partial charge < -0.3 is 10.8 Å². The zero-order valence-corrected chi connectivity index (χ0v) is 7.83. The van der Waals surface area contributed by atoms with Crippen molar-refractivity contribution in [2.24, 2.45) is 5.73 Å². The molecule has 0 saturated heterocycles. The van der Waals surface area contributed by atoms with Gasteiger partial charge in [-0.15, -0.1) is 0 Å². The van der Waals surface area contributed by atoms with Gasteiger partial charge in [-0.2, -0.15) is 0 Å². The van der Waals surface area contributed by atoms with E-state index in [9.17, 15) is 0 Å². The highest BCUT2D eigenvalue weighted by Crippen LogP contribution is 2.16. The minimum Gasteiger partial charge on any atom is -0.508 e. The van der Waals surface area contributed by atoms with E-state index in [0.717, 1.165) is 17.5 Å². The Morgan fingerprint density at radius 1 is 1.46 bits per heavy atom. The molecular formula is C11H15NO. The van der Waals surface area contributed by atoms with Crippen LogP contribution in [0.2, 0.25) is 0 Å². The van der Waals surface area contributed by atoms with E-state index in [4.69, 9.17) is 10.8 Å². The Kier molecular flexibility index (Phi) is 3.53. The minimum absolute atomic E-state index is 0.313. The highest BCUT2D eigenvalue weighted by atomic mass is 16.3. The zero-order valence-electron chi connectivity index (χ0n) is 7.83. The van der Waals surface area contributed by atoms with Crippen molar-refractivity contribution in [2.75, 3.05) is 6.54 Å². The maximum absolute atomic E-state index is 9.17. The molecule has 2 heteroatoms. The summed E-state index contributed by atoms with van der Waals surface area (Å²) >= 11 is 0. The molecule has 13 heavy (non-hydrogen) atoms. The molecule has 0 fully saturated rings. The lowest BCUT2D eigenvalue weighted by molar-refractivity contribution is 0.475. The van der Waals surface area contributed by atoms with E-state index in [-0.39, 0.29) is 0 Å². The van der Waals surface area contributed by atoms with Crippen molar-refractivity contribution in [2.45, 2.75) is 13.3 Å². The normalized spacial score (nSPS) is 10.9. The number of phenolic OH excluding ortho intramolecular Hbond substituents is 1. The van der Waals surface area contributed by atoms with E-state index in [1.54, 1.807) is 12.1 Å². The Morgan fingerprint density at radius 3 is 2.85 bits per heavy atom. The largest absolute Gasteiger partial charge is 0.508 e. The van der Waals surface area contributed by atoms with Crippen LogP contribution >= 0.6 is 0 Å². The number of aryl methyl sites for hydroxylation is 1. The third-order valence-corrected chi connectivity index (χ3v) is 1.88. The van der Waals surface area contributed by atoms with Crippen molar-refractivity contribution in [1.82, 2.24) is 0 Å². The van der Waals surface area contributed by atoms with Crippen molar-refractivity contribution in [3.8, 4) is 5.75 Å². The van der Waals surface area contributed by atoms with Crippen molar-refractivity contribution >= 4 is 6.08 Å². The van der Waals surface area contributed by atoms with E-state index in [2.05, 4.69) is 0 Å². The molecule has 1 rings (SSSR count). The fourth-order valence-electron chi connectivity index (χ4n) is 1.15. The van der Waals surface area contributed by atoms with Crippen LogP contribution in [0.4, 0.5) is 0 Å². The summed E-state index contributed by atoms with van der Waals surface area (Å²) in [5.41, 5.74) is 7.57. The molecule has 0 atom stereocenters. The highest BCUT2D eigenvalue weighted by molar-refractivity contribution is 5.54. The second-order valence-electron chi connectivity index (χ2n) is 3.02. The number of benzene rings is 1. The molecular weight excluding hydrogens is 162 g/mol. The van der Waals surface area contributed by atoms with Gasteiger partial charge in [0.25, 0.3) is 0 Å². The summed E-state index contributed by atoms with van der Waals surface area (Å²) in [5, 5.41) is 9.17. The Labute approximate surface area is 78.7 Å². The third kappa shape index (κ3) is 2.92. The molecule has 0 amide bonds. The summed E-state index contributed by atoms with van der Waals surface area (Å²) in [4.78, 5) is 0. The van der Waals surface area contributed by atoms with Crippen LogP contribution in [-0.4, -0.2) is 11.7 Å². The van der Waals surface area contributed by atoms with Crippen LogP contribution in [0.3, 0.4) is 0 Å². The maximum Gasteiger partial charge on any atom is 0.115 e. The molecule has 0 radical (unpaired) electrons. The molecule has 0 spiro atoms. The molecule has 0 unspecified atom stereocenters. The molecule has 0 aromatic heterocycles. The first-order valence-corrected chi connectivity index (χ1v) is 4.40. The van der Waals surface area contributed by atoms with Crippen molar-refractivity contribution in [3.05, 3.63) is 35.4 Å². The quantitative estimate of drug-likeness (QED) is 0.742. The first-order valence-electron chi connectivity index (χ1n) is 4.40. The second-order valence-corrected chi connectivity index (χ2v) is 3.02. The summed E-state index contributed by atoms with van der Waals surface area (Å²) in [6, 6.07) is 5.34. The van der Waals surface area contributed by atoms with Gasteiger partial charge in [0.1, 0.15) is 5.75 Å². The van der Waals surface area contributed by atoms with E-state index >= 15 is 0 Å². The van der Waals surface area contributed by atoms with Gasteiger partial charge in [0.15, 0.2) is 0 Å². The Balaban J connectivity index is 2.77. The number of hydrogen-bond acceptors (Lipinski definition) is 2. The van der Waals surface area contributed by atoms with Crippen molar-refractivity contribution in [1.29, 1.82) is 0 Å². The standard InChI is InChI=1S/C11H15NO/c1-9-8-11(13)6-5-10(9)4-2-3-7-12/h2,4-6,8,13H,3,7,12H2,1H3. The number of hydrogen-bond donors (Lipinski definition) is 2. The summed E-state index contributed by atoms with van der Waals surface area (Å²) in [5.74, 6) is 0.313. The predicted molar refractivity (Wildman–Crippen MR) is 55.5 cm³/mol. The van der Waals surface area contributed by atoms with Crippen molar-refractivity contribution < 1.29 is 5.11 Å². The van der Waals surface area contributed by atoms with Crippen LogP contribution in [0.25, 0.3) is 6.08 Å². The molecule has 0 saturated carbocycles. The first kappa shape index (κ1) is 9.81. The van der Waals surface area contributed by atoms with Crippen LogP contribution in [-0.2, 0) is 0 Å². The smallest absolute Gasteiger partial charge is 0.115 e. The van der Waals surface area contributed by atoms with Gasteiger partial charge in [-0.3, -0.25) is 0 Å². The van der Waals surface area contributed by atoms with E-state index in [0.29, 0.717) is 12.3 Å². The molecule has 0 aliphatic carbocycles. The van der Waals surface area contributed by atoms with Gasteiger partial charge in [-0.25, -0.2) is 0 Å². The molecule has 0 heterocycles. The van der Waals surface area contributed by atoms with Gasteiger partial charge in [0, 0.05) is 0 Å². The van der Waals surface area contributed by atoms with Crippen molar-refractivity contribution in [3.63, 3.8) is 0 Å². The minimum atomic E-state index is 0.313. The number of phenols is 1. The Morgan fingerprint density at radius 2 is 2.23 bits per heavy atom. The average Bonchev–Trinajstić information content (AvgIpc) is 2.09. The Bertz CT molecular complexity index is 305. The van der Waals surface area contributed by atoms with Gasteiger partial charge in [0.05, 0.1) is 0 Å². The fraction of sp³-hybridized carbons (Fsp3) is 0.273. The van der Waals surface area contributed by atoms with Gasteiger partial charge in [-0.05, 0) is 43.1 Å². The molecule has 0 aliphatic heterocycles. The average molecular weight is 177 g/mol. The van der Waals surface area contributed by atoms with E-state index in [1.807, 2.05) is 25.1 Å². The number of aromatic hydroxyl groups is 1. The molecule has 1 aromatic rings. The topological polar surface area (TPSA) is 46.2 Å². The monoisotopic (exact) mass is 177 g/mol. The van der Waals surface area contributed by atoms with E-state index < -0.39 is 0 Å². The summed E-state index contributed by atoms with van der Waals surface area (Å²) in [6.07, 6.45) is 4.96. The van der Waals surface area contributed by atoms with Gasteiger partial charge in [-0.1, -0.05) is 18.2 Å². The predicted octanol–water partition coefficient (Wildman–Crippen LogP) is 2.06. The lowest BCUT2D eigenvalue weighted by Gasteiger charge is -2.00. The Hall–Kier alpha value is -1.28. The van der Waals surface area contributed by atoms with E-state index in [1.165, 1.54) is 0 Å². The fourth-order valence-corrected chi connectivity index (χ4v) is 1.15. The van der Waals surface area contributed by atoms with Crippen LogP contribution in [0.15, 0.2) is 24.3 Å². The van der Waals surface area contributed by atoms with Gasteiger partial charge in [0.2, 0.25) is 0 Å². The molecule has 70 valence electrons. The summed E-state index contributed by atoms with van der Waals surface area (Å²) in [6.45, 7) is 2.65. The second kappa shape index (κ2) is 4.67. The summed E-state index contributed by atoms with van der Waals surface area (Å²) < 4.78 is 0. The third-order valence-electron chi connectivity index (χ3n) is 1.88. The molecule has 0 aliphatic rings. The first-order chi connectivity index (χ1) is 6.24. The number of rotatable bonds is 3. The SMILES string of the molecule is Cc1cc(O)ccc1C=CCCN. The maximum atomic E-state index is 9.17. The number of nitrogens with two attached hydrogens (primary N) is 1.